The molecule has 0 radical (unpaired) electrons. The number of piperazine rings is 1. The van der Waals surface area contributed by atoms with Crippen LogP contribution in [-0.4, -0.2) is 51.7 Å². The van der Waals surface area contributed by atoms with Crippen molar-refractivity contribution in [2.75, 3.05) is 26.2 Å². The van der Waals surface area contributed by atoms with Crippen LogP contribution in [0.1, 0.15) is 23.0 Å². The van der Waals surface area contributed by atoms with Crippen LogP contribution >= 0.6 is 27.5 Å². The molecule has 1 amide bonds. The van der Waals surface area contributed by atoms with Gasteiger partial charge in [-0.25, -0.2) is 0 Å². The summed E-state index contributed by atoms with van der Waals surface area (Å²) in [5.74, 6) is 0.0485. The molecule has 1 aromatic heterocycles. The predicted octanol–water partition coefficient (Wildman–Crippen LogP) is 3.28. The Balaban J connectivity index is 1.59. The normalized spacial score (nSPS) is 15.7. The van der Waals surface area contributed by atoms with Crippen LogP contribution in [0.3, 0.4) is 0 Å². The largest absolute Gasteiger partial charge is 0.335 e. The highest BCUT2D eigenvalue weighted by Crippen LogP contribution is 2.19. The Hall–Kier alpha value is -1.37. The van der Waals surface area contributed by atoms with Crippen molar-refractivity contribution in [1.29, 1.82) is 0 Å². The van der Waals surface area contributed by atoms with Crippen LogP contribution in [0.5, 0.6) is 0 Å². The van der Waals surface area contributed by atoms with Gasteiger partial charge >= 0.3 is 0 Å². The number of rotatable bonds is 4. The molecule has 0 atom stereocenters. The van der Waals surface area contributed by atoms with Crippen LogP contribution < -0.4 is 0 Å². The summed E-state index contributed by atoms with van der Waals surface area (Å²) in [5, 5.41) is 4.99. The Bertz CT molecular complexity index is 708. The first-order chi connectivity index (χ1) is 11.6. The lowest BCUT2D eigenvalue weighted by Crippen LogP contribution is -2.48. The van der Waals surface area contributed by atoms with Crippen molar-refractivity contribution in [1.82, 2.24) is 19.6 Å². The number of halogens is 2. The maximum atomic E-state index is 12.8. The molecule has 3 rings (SSSR count). The number of amides is 1. The fraction of sp³-hybridized carbons (Fsp3) is 0.412. The summed E-state index contributed by atoms with van der Waals surface area (Å²) in [5.41, 5.74) is 1.88. The highest BCUT2D eigenvalue weighted by Gasteiger charge is 2.26. The van der Waals surface area contributed by atoms with Crippen LogP contribution in [0.4, 0.5) is 0 Å². The number of aromatic nitrogens is 2. The first-order valence-electron chi connectivity index (χ1n) is 8.06. The zero-order valence-electron chi connectivity index (χ0n) is 13.6. The van der Waals surface area contributed by atoms with Crippen molar-refractivity contribution in [2.45, 2.75) is 20.0 Å². The summed E-state index contributed by atoms with van der Waals surface area (Å²) in [7, 11) is 0. The Labute approximate surface area is 155 Å². The average Bonchev–Trinajstić information content (AvgIpc) is 2.98. The monoisotopic (exact) mass is 410 g/mol. The van der Waals surface area contributed by atoms with E-state index >= 15 is 0 Å². The lowest BCUT2D eigenvalue weighted by atomic mass is 10.2. The third-order valence-electron chi connectivity index (χ3n) is 4.28. The Morgan fingerprint density at radius 1 is 1.21 bits per heavy atom. The van der Waals surface area contributed by atoms with Crippen LogP contribution in [0.2, 0.25) is 5.02 Å². The highest BCUT2D eigenvalue weighted by atomic mass is 79.9. The van der Waals surface area contributed by atoms with E-state index in [2.05, 4.69) is 38.1 Å². The highest BCUT2D eigenvalue weighted by molar-refractivity contribution is 9.10. The smallest absolute Gasteiger partial charge is 0.273 e. The molecule has 0 spiro atoms. The van der Waals surface area contributed by atoms with E-state index < -0.39 is 0 Å². The fourth-order valence-electron chi connectivity index (χ4n) is 2.92. The Morgan fingerprint density at radius 3 is 2.50 bits per heavy atom. The summed E-state index contributed by atoms with van der Waals surface area (Å²) in [6.07, 6.45) is 1.69. The number of carbonyl (C=O) groups is 1. The lowest BCUT2D eigenvalue weighted by molar-refractivity contribution is 0.0615. The number of aryl methyl sites for hydroxylation is 1. The lowest BCUT2D eigenvalue weighted by Gasteiger charge is -2.34. The minimum atomic E-state index is 0.0485. The molecule has 5 nitrogen and oxygen atoms in total. The van der Waals surface area contributed by atoms with Crippen LogP contribution in [-0.2, 0) is 13.1 Å². The van der Waals surface area contributed by atoms with E-state index in [1.807, 2.05) is 24.0 Å². The zero-order valence-corrected chi connectivity index (χ0v) is 15.9. The van der Waals surface area contributed by atoms with Gasteiger partial charge in [-0.3, -0.25) is 14.4 Å². The van der Waals surface area contributed by atoms with Gasteiger partial charge in [0.1, 0.15) is 5.69 Å². The molecule has 0 N–H and O–H groups in total. The molecule has 1 fully saturated rings. The summed E-state index contributed by atoms with van der Waals surface area (Å²) in [6.45, 7) is 6.75. The molecular formula is C17H20BrClN4O. The third kappa shape index (κ3) is 3.82. The number of hydrogen-bond donors (Lipinski definition) is 0. The van der Waals surface area contributed by atoms with Gasteiger partial charge in [0, 0.05) is 44.3 Å². The Morgan fingerprint density at radius 2 is 1.88 bits per heavy atom. The van der Waals surface area contributed by atoms with Gasteiger partial charge in [-0.1, -0.05) is 23.7 Å². The zero-order chi connectivity index (χ0) is 17.1. The summed E-state index contributed by atoms with van der Waals surface area (Å²) < 4.78 is 2.50. The predicted molar refractivity (Wildman–Crippen MR) is 98.2 cm³/mol. The van der Waals surface area contributed by atoms with Gasteiger partial charge in [-0.05, 0) is 40.5 Å². The average molecular weight is 412 g/mol. The van der Waals surface area contributed by atoms with E-state index in [1.165, 1.54) is 5.56 Å². The fourth-order valence-corrected chi connectivity index (χ4v) is 3.51. The van der Waals surface area contributed by atoms with Gasteiger partial charge in [0.25, 0.3) is 5.91 Å². The molecule has 1 aliphatic rings. The molecule has 2 heterocycles. The van der Waals surface area contributed by atoms with Crippen molar-refractivity contribution in [2.24, 2.45) is 0 Å². The topological polar surface area (TPSA) is 41.4 Å². The number of benzene rings is 1. The second-order valence-electron chi connectivity index (χ2n) is 5.85. The van der Waals surface area contributed by atoms with Crippen molar-refractivity contribution in [3.05, 3.63) is 51.2 Å². The number of nitrogens with zero attached hydrogens (tertiary/aromatic N) is 4. The maximum absolute atomic E-state index is 12.8. The van der Waals surface area contributed by atoms with Crippen LogP contribution in [0.25, 0.3) is 0 Å². The van der Waals surface area contributed by atoms with Gasteiger partial charge in [0.2, 0.25) is 0 Å². The minimum absolute atomic E-state index is 0.0485. The standard InChI is InChI=1S/C17H20BrClN4O/c1-2-23-16(15(18)11-20-23)17(24)22-9-7-21(8-10-22)12-13-3-5-14(19)6-4-13/h3-6,11H,2,7-10,12H2,1H3. The van der Waals surface area contributed by atoms with E-state index in [-0.39, 0.29) is 5.91 Å². The molecule has 2 aromatic rings. The quantitative estimate of drug-likeness (QED) is 0.775. The van der Waals surface area contributed by atoms with Crippen molar-refractivity contribution >= 4 is 33.4 Å². The molecule has 128 valence electrons. The maximum Gasteiger partial charge on any atom is 0.273 e. The van der Waals surface area contributed by atoms with Gasteiger partial charge in [-0.15, -0.1) is 0 Å². The van der Waals surface area contributed by atoms with Gasteiger partial charge in [0.05, 0.1) is 10.7 Å². The molecule has 24 heavy (non-hydrogen) atoms. The molecule has 1 aromatic carbocycles. The number of hydrogen-bond acceptors (Lipinski definition) is 3. The third-order valence-corrected chi connectivity index (χ3v) is 5.11. The summed E-state index contributed by atoms with van der Waals surface area (Å²) in [6, 6.07) is 7.94. The molecular weight excluding hydrogens is 392 g/mol. The molecule has 0 unspecified atom stereocenters. The molecule has 0 bridgehead atoms. The van der Waals surface area contributed by atoms with Gasteiger partial charge in [0.15, 0.2) is 0 Å². The Kier molecular flexibility index (Phi) is 5.58. The number of carbonyl (C=O) groups excluding carboxylic acids is 1. The van der Waals surface area contributed by atoms with E-state index in [4.69, 9.17) is 11.6 Å². The van der Waals surface area contributed by atoms with Crippen molar-refractivity contribution < 1.29 is 4.79 Å². The molecule has 1 saturated heterocycles. The molecule has 0 saturated carbocycles. The molecule has 1 aliphatic heterocycles. The SMILES string of the molecule is CCn1ncc(Br)c1C(=O)N1CCN(Cc2ccc(Cl)cc2)CC1. The van der Waals surface area contributed by atoms with E-state index in [1.54, 1.807) is 10.9 Å². The first kappa shape index (κ1) is 17.5. The van der Waals surface area contributed by atoms with E-state index in [0.717, 1.165) is 42.2 Å². The molecule has 0 aliphatic carbocycles. The van der Waals surface area contributed by atoms with Crippen molar-refractivity contribution in [3.8, 4) is 0 Å². The summed E-state index contributed by atoms with van der Waals surface area (Å²) >= 11 is 9.36. The van der Waals surface area contributed by atoms with Gasteiger partial charge in [-0.2, -0.15) is 5.10 Å². The molecule has 7 heteroatoms. The van der Waals surface area contributed by atoms with E-state index in [9.17, 15) is 4.79 Å². The van der Waals surface area contributed by atoms with Gasteiger partial charge < -0.3 is 4.90 Å². The van der Waals surface area contributed by atoms with Crippen LogP contribution in [0, 0.1) is 0 Å². The first-order valence-corrected chi connectivity index (χ1v) is 9.23. The second-order valence-corrected chi connectivity index (χ2v) is 7.14. The van der Waals surface area contributed by atoms with Crippen molar-refractivity contribution in [3.63, 3.8) is 0 Å². The second kappa shape index (κ2) is 7.68. The summed E-state index contributed by atoms with van der Waals surface area (Å²) in [4.78, 5) is 17.0. The minimum Gasteiger partial charge on any atom is -0.335 e. The van der Waals surface area contributed by atoms with E-state index in [0.29, 0.717) is 12.2 Å². The van der Waals surface area contributed by atoms with Crippen LogP contribution in [0.15, 0.2) is 34.9 Å².